The molecule has 5 nitrogen and oxygen atoms in total. The quantitative estimate of drug-likeness (QED) is 0.824. The van der Waals surface area contributed by atoms with Crippen molar-refractivity contribution in [1.29, 1.82) is 0 Å². The molecule has 1 N–H and O–H groups in total. The highest BCUT2D eigenvalue weighted by Crippen LogP contribution is 2.38. The van der Waals surface area contributed by atoms with Crippen molar-refractivity contribution in [2.45, 2.75) is 56.9 Å². The molecule has 0 aromatic heterocycles. The fourth-order valence-electron chi connectivity index (χ4n) is 4.03. The Morgan fingerprint density at radius 3 is 2.64 bits per heavy atom. The number of nitrogens with zero attached hydrogens (tertiary/aromatic N) is 1. The number of carbonyl (C=O) groups excluding carboxylic acids is 1. The first-order valence-corrected chi connectivity index (χ1v) is 11.4. The SMILES string of the molecule is CCc1cccc(NS(=O)(=O)c2ccc3c(c2)C[C@H](C)N3C(=O)C2CCC2)c1. The Labute approximate surface area is 166 Å². The van der Waals surface area contributed by atoms with Crippen molar-refractivity contribution in [3.63, 3.8) is 0 Å². The maximum atomic E-state index is 12.9. The average Bonchev–Trinajstić information content (AvgIpc) is 2.94. The minimum atomic E-state index is -3.68. The van der Waals surface area contributed by atoms with Gasteiger partial charge in [0.15, 0.2) is 0 Å². The van der Waals surface area contributed by atoms with Crippen LogP contribution in [0.25, 0.3) is 0 Å². The summed E-state index contributed by atoms with van der Waals surface area (Å²) in [6.07, 6.45) is 4.57. The van der Waals surface area contributed by atoms with E-state index in [9.17, 15) is 13.2 Å². The van der Waals surface area contributed by atoms with Crippen LogP contribution >= 0.6 is 0 Å². The van der Waals surface area contributed by atoms with Gasteiger partial charge < -0.3 is 4.90 Å². The van der Waals surface area contributed by atoms with Crippen molar-refractivity contribution < 1.29 is 13.2 Å². The number of benzene rings is 2. The topological polar surface area (TPSA) is 66.5 Å². The van der Waals surface area contributed by atoms with E-state index in [-0.39, 0.29) is 22.8 Å². The summed E-state index contributed by atoms with van der Waals surface area (Å²) in [5.74, 6) is 0.312. The van der Waals surface area contributed by atoms with Gasteiger partial charge in [-0.1, -0.05) is 25.5 Å². The summed E-state index contributed by atoms with van der Waals surface area (Å²) in [7, 11) is -3.68. The molecule has 1 saturated carbocycles. The zero-order valence-corrected chi connectivity index (χ0v) is 17.1. The molecule has 4 rings (SSSR count). The molecule has 0 spiro atoms. The predicted octanol–water partition coefficient (Wildman–Crippen LogP) is 4.13. The number of hydrogen-bond acceptors (Lipinski definition) is 3. The van der Waals surface area contributed by atoms with E-state index in [1.165, 1.54) is 0 Å². The Morgan fingerprint density at radius 2 is 1.96 bits per heavy atom. The Balaban J connectivity index is 1.60. The average molecular weight is 399 g/mol. The molecule has 0 radical (unpaired) electrons. The summed E-state index contributed by atoms with van der Waals surface area (Å²) >= 11 is 0. The van der Waals surface area contributed by atoms with Crippen LogP contribution in [0.1, 0.15) is 44.2 Å². The van der Waals surface area contributed by atoms with Gasteiger partial charge in [-0.3, -0.25) is 9.52 Å². The molecule has 0 bridgehead atoms. The van der Waals surface area contributed by atoms with E-state index in [2.05, 4.69) is 4.72 Å². The maximum absolute atomic E-state index is 12.9. The lowest BCUT2D eigenvalue weighted by atomic mass is 9.84. The minimum absolute atomic E-state index is 0.0650. The number of amides is 1. The molecule has 1 atom stereocenters. The number of sulfonamides is 1. The minimum Gasteiger partial charge on any atom is -0.309 e. The molecule has 0 unspecified atom stereocenters. The zero-order valence-electron chi connectivity index (χ0n) is 16.3. The maximum Gasteiger partial charge on any atom is 0.261 e. The third-order valence-corrected chi connectivity index (χ3v) is 7.24. The number of rotatable bonds is 5. The highest BCUT2D eigenvalue weighted by molar-refractivity contribution is 7.92. The monoisotopic (exact) mass is 398 g/mol. The lowest BCUT2D eigenvalue weighted by Gasteiger charge is -2.32. The molecule has 1 fully saturated rings. The molecule has 2 aliphatic rings. The molecular formula is C22H26N2O3S. The van der Waals surface area contributed by atoms with Crippen molar-refractivity contribution in [2.75, 3.05) is 9.62 Å². The number of nitrogens with one attached hydrogen (secondary N) is 1. The van der Waals surface area contributed by atoms with Crippen molar-refractivity contribution >= 4 is 27.3 Å². The number of anilines is 2. The number of hydrogen-bond donors (Lipinski definition) is 1. The van der Waals surface area contributed by atoms with E-state index in [0.717, 1.165) is 42.5 Å². The summed E-state index contributed by atoms with van der Waals surface area (Å²) < 4.78 is 28.4. The van der Waals surface area contributed by atoms with Gasteiger partial charge in [-0.05, 0) is 74.1 Å². The Bertz CT molecular complexity index is 1010. The van der Waals surface area contributed by atoms with Crippen molar-refractivity contribution in [1.82, 2.24) is 0 Å². The highest BCUT2D eigenvalue weighted by Gasteiger charge is 2.37. The summed E-state index contributed by atoms with van der Waals surface area (Å²) in [6, 6.07) is 12.6. The Kier molecular flexibility index (Phi) is 4.91. The molecule has 0 saturated heterocycles. The molecule has 1 aliphatic carbocycles. The first-order valence-electron chi connectivity index (χ1n) is 9.97. The number of carbonyl (C=O) groups is 1. The van der Waals surface area contributed by atoms with Crippen LogP contribution in [0.5, 0.6) is 0 Å². The molecule has 28 heavy (non-hydrogen) atoms. The van der Waals surface area contributed by atoms with Gasteiger partial charge in [0.05, 0.1) is 4.90 Å². The van der Waals surface area contributed by atoms with Crippen LogP contribution in [-0.4, -0.2) is 20.4 Å². The van der Waals surface area contributed by atoms with E-state index in [1.807, 2.05) is 36.9 Å². The lowest BCUT2D eigenvalue weighted by molar-refractivity contribution is -0.125. The lowest BCUT2D eigenvalue weighted by Crippen LogP contribution is -2.42. The van der Waals surface area contributed by atoms with E-state index in [0.29, 0.717) is 12.1 Å². The third-order valence-electron chi connectivity index (χ3n) is 5.86. The molecule has 148 valence electrons. The number of aryl methyl sites for hydroxylation is 1. The van der Waals surface area contributed by atoms with Gasteiger partial charge in [0.2, 0.25) is 5.91 Å². The van der Waals surface area contributed by atoms with Gasteiger partial charge in [0.1, 0.15) is 0 Å². The smallest absolute Gasteiger partial charge is 0.261 e. The first-order chi connectivity index (χ1) is 13.4. The van der Waals surface area contributed by atoms with Gasteiger partial charge >= 0.3 is 0 Å². The van der Waals surface area contributed by atoms with E-state index in [1.54, 1.807) is 24.3 Å². The van der Waals surface area contributed by atoms with Gasteiger partial charge in [0.25, 0.3) is 10.0 Å². The third kappa shape index (κ3) is 3.41. The fraction of sp³-hybridized carbons (Fsp3) is 0.409. The first kappa shape index (κ1) is 19.0. The highest BCUT2D eigenvalue weighted by atomic mass is 32.2. The molecule has 6 heteroatoms. The molecule has 2 aromatic carbocycles. The van der Waals surface area contributed by atoms with Crippen molar-refractivity contribution in [2.24, 2.45) is 5.92 Å². The van der Waals surface area contributed by atoms with E-state index < -0.39 is 10.0 Å². The summed E-state index contributed by atoms with van der Waals surface area (Å²) in [6.45, 7) is 4.06. The van der Waals surface area contributed by atoms with Crippen molar-refractivity contribution in [3.8, 4) is 0 Å². The Hall–Kier alpha value is -2.34. The van der Waals surface area contributed by atoms with Crippen LogP contribution in [0.4, 0.5) is 11.4 Å². The van der Waals surface area contributed by atoms with Crippen LogP contribution in [0.2, 0.25) is 0 Å². The number of fused-ring (bicyclic) bond motifs is 1. The normalized spacial score (nSPS) is 19.2. The van der Waals surface area contributed by atoms with Gasteiger partial charge in [-0.2, -0.15) is 0 Å². The second-order valence-electron chi connectivity index (χ2n) is 7.84. The van der Waals surface area contributed by atoms with Crippen LogP contribution < -0.4 is 9.62 Å². The second kappa shape index (κ2) is 7.24. The fourth-order valence-corrected chi connectivity index (χ4v) is 5.13. The van der Waals surface area contributed by atoms with Crippen LogP contribution in [0.15, 0.2) is 47.4 Å². The zero-order chi connectivity index (χ0) is 19.9. The summed E-state index contributed by atoms with van der Waals surface area (Å²) in [5.41, 5.74) is 3.42. The summed E-state index contributed by atoms with van der Waals surface area (Å²) in [5, 5.41) is 0. The van der Waals surface area contributed by atoms with Crippen LogP contribution in [0, 0.1) is 5.92 Å². The van der Waals surface area contributed by atoms with E-state index >= 15 is 0 Å². The Morgan fingerprint density at radius 1 is 1.18 bits per heavy atom. The van der Waals surface area contributed by atoms with E-state index in [4.69, 9.17) is 0 Å². The molecule has 1 amide bonds. The molecule has 1 heterocycles. The van der Waals surface area contributed by atoms with Crippen molar-refractivity contribution in [3.05, 3.63) is 53.6 Å². The van der Waals surface area contributed by atoms with Crippen LogP contribution in [0.3, 0.4) is 0 Å². The van der Waals surface area contributed by atoms with Gasteiger partial charge in [0, 0.05) is 23.3 Å². The largest absolute Gasteiger partial charge is 0.309 e. The second-order valence-corrected chi connectivity index (χ2v) is 9.52. The molecule has 2 aromatic rings. The standard InChI is InChI=1S/C22H26N2O3S/c1-3-16-6-4-9-19(13-16)23-28(26,27)20-10-11-21-18(14-20)12-15(2)24(21)22(25)17-7-5-8-17/h4,6,9-11,13-15,17,23H,3,5,7-8,12H2,1-2H3/t15-/m0/s1. The van der Waals surface area contributed by atoms with Gasteiger partial charge in [-0.15, -0.1) is 0 Å². The molecule has 1 aliphatic heterocycles. The summed E-state index contributed by atoms with van der Waals surface area (Å²) in [4.78, 5) is 14.9. The predicted molar refractivity (Wildman–Crippen MR) is 111 cm³/mol. The van der Waals surface area contributed by atoms with Gasteiger partial charge in [-0.25, -0.2) is 8.42 Å². The van der Waals surface area contributed by atoms with Crippen LogP contribution in [-0.2, 0) is 27.7 Å². The molecular weight excluding hydrogens is 372 g/mol.